The summed E-state index contributed by atoms with van der Waals surface area (Å²) >= 11 is 5.92. The van der Waals surface area contributed by atoms with Gasteiger partial charge in [-0.1, -0.05) is 18.0 Å². The summed E-state index contributed by atoms with van der Waals surface area (Å²) in [4.78, 5) is 14.2. The highest BCUT2D eigenvalue weighted by molar-refractivity contribution is 7.89. The number of aliphatic hydroxyl groups is 1. The fourth-order valence-corrected chi connectivity index (χ4v) is 6.25. The first-order valence-electron chi connectivity index (χ1n) is 10.2. The molecule has 1 aromatic carbocycles. The van der Waals surface area contributed by atoms with Crippen molar-refractivity contribution in [1.82, 2.24) is 9.21 Å². The molecule has 3 rings (SSSR count). The van der Waals surface area contributed by atoms with Gasteiger partial charge in [0.2, 0.25) is 10.0 Å². The van der Waals surface area contributed by atoms with Gasteiger partial charge in [0.25, 0.3) is 0 Å². The molecule has 1 amide bonds. The van der Waals surface area contributed by atoms with Crippen molar-refractivity contribution in [2.24, 2.45) is 0 Å². The van der Waals surface area contributed by atoms with E-state index in [4.69, 9.17) is 21.1 Å². The monoisotopic (exact) mass is 460 g/mol. The van der Waals surface area contributed by atoms with Crippen molar-refractivity contribution in [2.75, 3.05) is 33.5 Å². The Labute approximate surface area is 182 Å². The number of rotatable bonds is 7. The zero-order valence-electron chi connectivity index (χ0n) is 17.1. The van der Waals surface area contributed by atoms with Gasteiger partial charge in [0.05, 0.1) is 30.2 Å². The quantitative estimate of drug-likeness (QED) is 0.671. The summed E-state index contributed by atoms with van der Waals surface area (Å²) in [6, 6.07) is 4.98. The molecule has 0 unspecified atom stereocenters. The molecule has 0 radical (unpaired) electrons. The van der Waals surface area contributed by atoms with Crippen molar-refractivity contribution in [3.63, 3.8) is 0 Å². The number of likely N-dealkylation sites (tertiary alicyclic amines) is 1. The number of piperidine rings is 1. The number of ether oxygens (including phenoxy) is 2. The Morgan fingerprint density at radius 1 is 1.10 bits per heavy atom. The molecule has 1 aromatic rings. The number of carbonyl (C=O) groups excluding carboxylic acids is 1. The molecule has 2 fully saturated rings. The highest BCUT2D eigenvalue weighted by Crippen LogP contribution is 2.31. The van der Waals surface area contributed by atoms with E-state index in [1.54, 1.807) is 19.2 Å². The zero-order chi connectivity index (χ0) is 21.7. The lowest BCUT2D eigenvalue weighted by Gasteiger charge is -2.40. The number of sulfonamides is 1. The van der Waals surface area contributed by atoms with E-state index in [0.717, 1.165) is 19.3 Å². The molecule has 0 spiro atoms. The van der Waals surface area contributed by atoms with Gasteiger partial charge >= 0.3 is 6.09 Å². The molecule has 0 bridgehead atoms. The summed E-state index contributed by atoms with van der Waals surface area (Å²) in [5.74, 6) is 0. The van der Waals surface area contributed by atoms with Crippen LogP contribution in [0, 0.1) is 0 Å². The molecule has 2 heterocycles. The van der Waals surface area contributed by atoms with Gasteiger partial charge in [0, 0.05) is 24.7 Å². The number of benzene rings is 1. The van der Waals surface area contributed by atoms with Crippen LogP contribution in [-0.2, 0) is 19.5 Å². The predicted octanol–water partition coefficient (Wildman–Crippen LogP) is 2.49. The Morgan fingerprint density at radius 3 is 2.37 bits per heavy atom. The van der Waals surface area contributed by atoms with Crippen molar-refractivity contribution in [1.29, 1.82) is 0 Å². The van der Waals surface area contributed by atoms with Crippen molar-refractivity contribution in [3.8, 4) is 0 Å². The zero-order valence-corrected chi connectivity index (χ0v) is 18.6. The number of hydrogen-bond acceptors (Lipinski definition) is 6. The van der Waals surface area contributed by atoms with Gasteiger partial charge in [-0.15, -0.1) is 0 Å². The van der Waals surface area contributed by atoms with Crippen molar-refractivity contribution in [2.45, 2.75) is 55.1 Å². The molecule has 10 heteroatoms. The van der Waals surface area contributed by atoms with Crippen LogP contribution >= 0.6 is 11.6 Å². The lowest BCUT2D eigenvalue weighted by Crippen LogP contribution is -2.53. The van der Waals surface area contributed by atoms with Crippen molar-refractivity contribution < 1.29 is 27.8 Å². The topological polar surface area (TPSA) is 96.4 Å². The minimum absolute atomic E-state index is 0.0412. The summed E-state index contributed by atoms with van der Waals surface area (Å²) in [6.07, 6.45) is 3.11. The summed E-state index contributed by atoms with van der Waals surface area (Å²) in [6.45, 7) is 0.649. The number of amides is 1. The maximum atomic E-state index is 13.4. The van der Waals surface area contributed by atoms with Gasteiger partial charge < -0.3 is 19.5 Å². The molecule has 2 saturated heterocycles. The maximum Gasteiger partial charge on any atom is 0.410 e. The Hall–Kier alpha value is -1.39. The van der Waals surface area contributed by atoms with Crippen LogP contribution in [0.1, 0.15) is 32.1 Å². The van der Waals surface area contributed by atoms with E-state index < -0.39 is 22.2 Å². The standard InChI is InChI=1S/C20H29ClN2O6S/c1-28-13-17-4-2-5-18(14-29-20(25)22-11-3-6-16(22)12-24)23(17)30(26,27)19-9-7-15(21)8-10-19/h7-10,16-18,24H,2-6,11-14H2,1H3/t16-,17+,18-/m0/s1. The number of carbonyl (C=O) groups is 1. The molecule has 2 aliphatic rings. The van der Waals surface area contributed by atoms with Gasteiger partial charge in [0.1, 0.15) is 6.61 Å². The largest absolute Gasteiger partial charge is 0.448 e. The van der Waals surface area contributed by atoms with E-state index in [1.807, 2.05) is 0 Å². The number of hydrogen-bond donors (Lipinski definition) is 1. The second-order valence-electron chi connectivity index (χ2n) is 7.73. The van der Waals surface area contributed by atoms with Crippen LogP contribution in [0.3, 0.4) is 0 Å². The third kappa shape index (κ3) is 5.08. The molecule has 1 N–H and O–H groups in total. The van der Waals surface area contributed by atoms with E-state index in [2.05, 4.69) is 0 Å². The third-order valence-corrected chi connectivity index (χ3v) is 8.04. The average molecular weight is 461 g/mol. The third-order valence-electron chi connectivity index (χ3n) is 5.76. The maximum absolute atomic E-state index is 13.4. The van der Waals surface area contributed by atoms with Gasteiger partial charge in [0.15, 0.2) is 0 Å². The second kappa shape index (κ2) is 10.3. The summed E-state index contributed by atoms with van der Waals surface area (Å²) < 4.78 is 39.1. The molecule has 8 nitrogen and oxygen atoms in total. The van der Waals surface area contributed by atoms with Crippen LogP contribution in [0.2, 0.25) is 5.02 Å². The van der Waals surface area contributed by atoms with E-state index in [-0.39, 0.29) is 36.8 Å². The Kier molecular flexibility index (Phi) is 7.98. The smallest absolute Gasteiger partial charge is 0.410 e. The highest BCUT2D eigenvalue weighted by Gasteiger charge is 2.41. The average Bonchev–Trinajstić information content (AvgIpc) is 3.21. The van der Waals surface area contributed by atoms with Crippen LogP contribution in [0.5, 0.6) is 0 Å². The molecule has 0 saturated carbocycles. The number of aliphatic hydroxyl groups excluding tert-OH is 1. The van der Waals surface area contributed by atoms with Crippen LogP contribution in [0.4, 0.5) is 4.79 Å². The SMILES string of the molecule is COC[C@H]1CCC[C@@H](COC(=O)N2CCC[C@H]2CO)N1S(=O)(=O)c1ccc(Cl)cc1. The first kappa shape index (κ1) is 23.3. The minimum Gasteiger partial charge on any atom is -0.448 e. The highest BCUT2D eigenvalue weighted by atomic mass is 35.5. The fourth-order valence-electron chi connectivity index (χ4n) is 4.28. The van der Waals surface area contributed by atoms with E-state index in [9.17, 15) is 18.3 Å². The van der Waals surface area contributed by atoms with Crippen LogP contribution in [0.25, 0.3) is 0 Å². The van der Waals surface area contributed by atoms with Crippen LogP contribution in [0.15, 0.2) is 29.2 Å². The Morgan fingerprint density at radius 2 is 1.73 bits per heavy atom. The molecule has 30 heavy (non-hydrogen) atoms. The molecule has 0 aromatic heterocycles. The number of methoxy groups -OCH3 is 1. The molecule has 0 aliphatic carbocycles. The Balaban J connectivity index is 1.79. The normalized spacial score (nSPS) is 25.4. The van der Waals surface area contributed by atoms with E-state index in [0.29, 0.717) is 24.4 Å². The second-order valence-corrected chi connectivity index (χ2v) is 10.0. The molecular weight excluding hydrogens is 432 g/mol. The van der Waals surface area contributed by atoms with E-state index in [1.165, 1.54) is 21.3 Å². The molecule has 168 valence electrons. The van der Waals surface area contributed by atoms with E-state index >= 15 is 0 Å². The summed E-state index contributed by atoms with van der Waals surface area (Å²) in [5, 5.41) is 9.88. The number of halogens is 1. The lowest BCUT2D eigenvalue weighted by molar-refractivity contribution is 0.0366. The first-order valence-corrected chi connectivity index (χ1v) is 12.0. The molecular formula is C20H29ClN2O6S. The Bertz CT molecular complexity index is 817. The van der Waals surface area contributed by atoms with Gasteiger partial charge in [-0.25, -0.2) is 13.2 Å². The first-order chi connectivity index (χ1) is 14.4. The summed E-state index contributed by atoms with van der Waals surface area (Å²) in [7, 11) is -2.29. The minimum atomic E-state index is -3.83. The summed E-state index contributed by atoms with van der Waals surface area (Å²) in [5.41, 5.74) is 0. The van der Waals surface area contributed by atoms with Crippen LogP contribution in [-0.4, -0.2) is 80.4 Å². The predicted molar refractivity (Wildman–Crippen MR) is 112 cm³/mol. The molecule has 2 aliphatic heterocycles. The number of nitrogens with zero attached hydrogens (tertiary/aromatic N) is 2. The van der Waals surface area contributed by atoms with Crippen LogP contribution < -0.4 is 0 Å². The van der Waals surface area contributed by atoms with Gasteiger partial charge in [-0.05, 0) is 49.9 Å². The van der Waals surface area contributed by atoms with Gasteiger partial charge in [-0.3, -0.25) is 0 Å². The molecule has 3 atom stereocenters. The van der Waals surface area contributed by atoms with Crippen molar-refractivity contribution in [3.05, 3.63) is 29.3 Å². The van der Waals surface area contributed by atoms with Crippen molar-refractivity contribution >= 4 is 27.7 Å². The fraction of sp³-hybridized carbons (Fsp3) is 0.650. The lowest BCUT2D eigenvalue weighted by atomic mass is 9.99. The van der Waals surface area contributed by atoms with Gasteiger partial charge in [-0.2, -0.15) is 4.31 Å².